The van der Waals surface area contributed by atoms with Crippen LogP contribution in [0, 0.1) is 0 Å². The Bertz CT molecular complexity index is 489. The Hall–Kier alpha value is -1.47. The van der Waals surface area contributed by atoms with Crippen molar-refractivity contribution in [3.05, 3.63) is 28.5 Å². The molecule has 20 heavy (non-hydrogen) atoms. The van der Waals surface area contributed by atoms with Gasteiger partial charge in [-0.1, -0.05) is 0 Å². The summed E-state index contributed by atoms with van der Waals surface area (Å²) < 4.78 is 11.0. The van der Waals surface area contributed by atoms with E-state index in [9.17, 15) is 9.59 Å². The predicted molar refractivity (Wildman–Crippen MR) is 74.2 cm³/mol. The molecule has 108 valence electrons. The highest BCUT2D eigenvalue weighted by molar-refractivity contribution is 9.10. The van der Waals surface area contributed by atoms with Crippen molar-refractivity contribution >= 4 is 27.8 Å². The fourth-order valence-corrected chi connectivity index (χ4v) is 2.19. The van der Waals surface area contributed by atoms with Crippen molar-refractivity contribution in [2.24, 2.45) is 0 Å². The zero-order valence-corrected chi connectivity index (χ0v) is 12.4. The number of nitrogens with one attached hydrogen (secondary N) is 1. The number of aromatic nitrogens is 1. The molecule has 1 aromatic rings. The molecule has 0 spiro atoms. The van der Waals surface area contributed by atoms with Gasteiger partial charge >= 0.3 is 5.97 Å². The first-order valence-corrected chi connectivity index (χ1v) is 7.10. The first-order chi connectivity index (χ1) is 9.65. The van der Waals surface area contributed by atoms with Crippen molar-refractivity contribution in [3.63, 3.8) is 0 Å². The van der Waals surface area contributed by atoms with E-state index in [4.69, 9.17) is 9.47 Å². The Kier molecular flexibility index (Phi) is 5.49. The Labute approximate surface area is 125 Å². The molecule has 2 rings (SSSR count). The molecule has 1 aromatic heterocycles. The van der Waals surface area contributed by atoms with Crippen molar-refractivity contribution in [2.75, 3.05) is 19.8 Å². The van der Waals surface area contributed by atoms with Gasteiger partial charge in [-0.2, -0.15) is 0 Å². The summed E-state index contributed by atoms with van der Waals surface area (Å²) in [6, 6.07) is 1.58. The molecular formula is C13H15BrN2O4. The van der Waals surface area contributed by atoms with E-state index >= 15 is 0 Å². The number of pyridine rings is 1. The number of halogens is 1. The summed E-state index contributed by atoms with van der Waals surface area (Å²) in [6.07, 6.45) is 4.99. The second kappa shape index (κ2) is 7.35. The van der Waals surface area contributed by atoms with E-state index in [1.54, 1.807) is 12.3 Å². The highest BCUT2D eigenvalue weighted by Crippen LogP contribution is 2.11. The first-order valence-electron chi connectivity index (χ1n) is 6.31. The van der Waals surface area contributed by atoms with Gasteiger partial charge in [0.15, 0.2) is 6.61 Å². The van der Waals surface area contributed by atoms with Gasteiger partial charge < -0.3 is 14.8 Å². The van der Waals surface area contributed by atoms with Crippen LogP contribution in [0.2, 0.25) is 0 Å². The highest BCUT2D eigenvalue weighted by Gasteiger charge is 2.17. The number of amides is 1. The Morgan fingerprint density at radius 3 is 3.05 bits per heavy atom. The topological polar surface area (TPSA) is 77.5 Å². The van der Waals surface area contributed by atoms with Crippen molar-refractivity contribution in [3.8, 4) is 0 Å². The average Bonchev–Trinajstić information content (AvgIpc) is 2.95. The number of rotatable bonds is 5. The lowest BCUT2D eigenvalue weighted by atomic mass is 10.2. The fourth-order valence-electron chi connectivity index (χ4n) is 1.82. The number of hydrogen-bond acceptors (Lipinski definition) is 5. The SMILES string of the molecule is O=C(COC(=O)c1cncc(Br)c1)NC[C@@H]1CCCO1. The lowest BCUT2D eigenvalue weighted by Gasteiger charge is -2.10. The quantitative estimate of drug-likeness (QED) is 0.816. The molecule has 1 aliphatic heterocycles. The smallest absolute Gasteiger partial charge is 0.340 e. The number of hydrogen-bond donors (Lipinski definition) is 1. The molecule has 0 aliphatic carbocycles. The third-order valence-electron chi connectivity index (χ3n) is 2.83. The number of carbonyl (C=O) groups excluding carboxylic acids is 2. The summed E-state index contributed by atoms with van der Waals surface area (Å²) in [5, 5.41) is 2.68. The summed E-state index contributed by atoms with van der Waals surface area (Å²) in [7, 11) is 0. The molecule has 0 saturated carbocycles. The second-order valence-corrected chi connectivity index (χ2v) is 5.32. The van der Waals surface area contributed by atoms with Gasteiger partial charge in [0.1, 0.15) is 0 Å². The number of nitrogens with zero attached hydrogens (tertiary/aromatic N) is 1. The van der Waals surface area contributed by atoms with Crippen molar-refractivity contribution in [1.29, 1.82) is 0 Å². The standard InChI is InChI=1S/C13H15BrN2O4/c14-10-4-9(5-15-6-10)13(18)20-8-12(17)16-7-11-2-1-3-19-11/h4-6,11H,1-3,7-8H2,(H,16,17)/t11-/m0/s1. The maximum Gasteiger partial charge on any atom is 0.340 e. The van der Waals surface area contributed by atoms with Crippen LogP contribution in [-0.4, -0.2) is 42.7 Å². The Balaban J connectivity index is 1.71. The molecule has 6 nitrogen and oxygen atoms in total. The van der Waals surface area contributed by atoms with Gasteiger partial charge in [0.2, 0.25) is 0 Å². The number of esters is 1. The molecule has 1 atom stereocenters. The summed E-state index contributed by atoms with van der Waals surface area (Å²) in [4.78, 5) is 27.1. The summed E-state index contributed by atoms with van der Waals surface area (Å²) in [6.45, 7) is 0.887. The highest BCUT2D eigenvalue weighted by atomic mass is 79.9. The van der Waals surface area contributed by atoms with E-state index < -0.39 is 5.97 Å². The summed E-state index contributed by atoms with van der Waals surface area (Å²) >= 11 is 3.21. The lowest BCUT2D eigenvalue weighted by molar-refractivity contribution is -0.124. The van der Waals surface area contributed by atoms with E-state index in [1.165, 1.54) is 6.20 Å². The monoisotopic (exact) mass is 342 g/mol. The molecule has 1 fully saturated rings. The third kappa shape index (κ3) is 4.57. The minimum absolute atomic E-state index is 0.0731. The molecule has 0 radical (unpaired) electrons. The van der Waals surface area contributed by atoms with Gasteiger partial charge in [0.05, 0.1) is 11.7 Å². The zero-order valence-electron chi connectivity index (χ0n) is 10.8. The molecule has 0 unspecified atom stereocenters. The van der Waals surface area contributed by atoms with E-state index in [0.29, 0.717) is 16.6 Å². The zero-order chi connectivity index (χ0) is 14.4. The van der Waals surface area contributed by atoms with Crippen LogP contribution in [0.15, 0.2) is 22.9 Å². The minimum atomic E-state index is -0.578. The molecule has 2 heterocycles. The molecule has 1 aliphatic rings. The van der Waals surface area contributed by atoms with Gasteiger partial charge in [-0.3, -0.25) is 9.78 Å². The summed E-state index contributed by atoms with van der Waals surface area (Å²) in [5.41, 5.74) is 0.298. The molecule has 1 amide bonds. The second-order valence-electron chi connectivity index (χ2n) is 4.41. The lowest BCUT2D eigenvalue weighted by Crippen LogP contribution is -2.34. The maximum absolute atomic E-state index is 11.7. The van der Waals surface area contributed by atoms with Crippen LogP contribution in [0.3, 0.4) is 0 Å². The van der Waals surface area contributed by atoms with Gasteiger partial charge in [-0.25, -0.2) is 4.79 Å². The van der Waals surface area contributed by atoms with E-state index in [-0.39, 0.29) is 18.6 Å². The predicted octanol–water partition coefficient (Wildman–Crippen LogP) is 1.30. The van der Waals surface area contributed by atoms with E-state index in [0.717, 1.165) is 19.4 Å². The van der Waals surface area contributed by atoms with Gasteiger partial charge in [-0.05, 0) is 34.8 Å². The fraction of sp³-hybridized carbons (Fsp3) is 0.462. The van der Waals surface area contributed by atoms with Crippen molar-refractivity contribution in [2.45, 2.75) is 18.9 Å². The van der Waals surface area contributed by atoms with Gasteiger partial charge in [-0.15, -0.1) is 0 Å². The van der Waals surface area contributed by atoms with Crippen molar-refractivity contribution in [1.82, 2.24) is 10.3 Å². The molecule has 0 aromatic carbocycles. The van der Waals surface area contributed by atoms with Crippen LogP contribution in [0.5, 0.6) is 0 Å². The van der Waals surface area contributed by atoms with Crippen LogP contribution < -0.4 is 5.32 Å². The first kappa shape index (κ1) is 14.9. The van der Waals surface area contributed by atoms with Crippen molar-refractivity contribution < 1.29 is 19.1 Å². The van der Waals surface area contributed by atoms with E-state index in [1.807, 2.05) is 0 Å². The van der Waals surface area contributed by atoms with Gasteiger partial charge in [0, 0.05) is 30.0 Å². The third-order valence-corrected chi connectivity index (χ3v) is 3.26. The van der Waals surface area contributed by atoms with Crippen LogP contribution in [0.25, 0.3) is 0 Å². The van der Waals surface area contributed by atoms with Crippen LogP contribution in [0.4, 0.5) is 0 Å². The molecule has 7 heteroatoms. The maximum atomic E-state index is 11.7. The van der Waals surface area contributed by atoms with Gasteiger partial charge in [0.25, 0.3) is 5.91 Å². The van der Waals surface area contributed by atoms with Crippen LogP contribution in [-0.2, 0) is 14.3 Å². The minimum Gasteiger partial charge on any atom is -0.452 e. The largest absolute Gasteiger partial charge is 0.452 e. The molecule has 1 saturated heterocycles. The number of carbonyl (C=O) groups is 2. The average molecular weight is 343 g/mol. The molecule has 0 bridgehead atoms. The Morgan fingerprint density at radius 2 is 2.35 bits per heavy atom. The van der Waals surface area contributed by atoms with Crippen LogP contribution >= 0.6 is 15.9 Å². The normalized spacial score (nSPS) is 17.8. The van der Waals surface area contributed by atoms with E-state index in [2.05, 4.69) is 26.2 Å². The number of ether oxygens (including phenoxy) is 2. The van der Waals surface area contributed by atoms with Crippen LogP contribution in [0.1, 0.15) is 23.2 Å². The molecular weight excluding hydrogens is 328 g/mol. The Morgan fingerprint density at radius 1 is 1.50 bits per heavy atom. The summed E-state index contributed by atoms with van der Waals surface area (Å²) in [5.74, 6) is -0.914. The molecule has 1 N–H and O–H groups in total.